The molecule has 26 heavy (non-hydrogen) atoms. The van der Waals surface area contributed by atoms with Gasteiger partial charge >= 0.3 is 6.09 Å². The zero-order valence-corrected chi connectivity index (χ0v) is 14.8. The predicted octanol–water partition coefficient (Wildman–Crippen LogP) is 4.25. The lowest BCUT2D eigenvalue weighted by Crippen LogP contribution is -2.41. The average molecular weight is 380 g/mol. The third-order valence-corrected chi connectivity index (χ3v) is 4.09. The van der Waals surface area contributed by atoms with E-state index in [4.69, 9.17) is 4.74 Å². The molecule has 2 rings (SSSR count). The van der Waals surface area contributed by atoms with Crippen LogP contribution in [0.4, 0.5) is 19.3 Å². The quantitative estimate of drug-likeness (QED) is 0.705. The summed E-state index contributed by atoms with van der Waals surface area (Å²) in [5.41, 5.74) is 1.08. The Labute approximate surface area is 154 Å². The molecule has 2 N–H and O–H groups in total. The van der Waals surface area contributed by atoms with Gasteiger partial charge in [-0.3, -0.25) is 4.79 Å². The van der Waals surface area contributed by atoms with Crippen LogP contribution in [0.25, 0.3) is 0 Å². The minimum atomic E-state index is -2.60. The lowest BCUT2D eigenvalue weighted by Gasteiger charge is -2.16. The van der Waals surface area contributed by atoms with Crippen LogP contribution in [0.1, 0.15) is 12.5 Å². The van der Waals surface area contributed by atoms with Crippen LogP contribution in [0.3, 0.4) is 0 Å². The molecule has 1 atom stereocenters. The Bertz CT molecular complexity index is 744. The van der Waals surface area contributed by atoms with Crippen molar-refractivity contribution in [1.82, 2.24) is 5.32 Å². The number of carbonyl (C=O) groups is 2. The third kappa shape index (κ3) is 6.36. The van der Waals surface area contributed by atoms with Gasteiger partial charge in [-0.05, 0) is 24.6 Å². The second kappa shape index (κ2) is 9.76. The summed E-state index contributed by atoms with van der Waals surface area (Å²) in [4.78, 5) is 24.2. The number of ether oxygens (including phenoxy) is 1. The van der Waals surface area contributed by atoms with Gasteiger partial charge in [0, 0.05) is 4.90 Å². The molecule has 2 amide bonds. The molecule has 0 aliphatic carbocycles. The van der Waals surface area contributed by atoms with E-state index in [0.717, 1.165) is 5.56 Å². The van der Waals surface area contributed by atoms with Crippen LogP contribution in [0.15, 0.2) is 59.5 Å². The van der Waals surface area contributed by atoms with E-state index in [-0.39, 0.29) is 17.2 Å². The van der Waals surface area contributed by atoms with E-state index in [0.29, 0.717) is 11.8 Å². The van der Waals surface area contributed by atoms with Crippen LogP contribution >= 0.6 is 11.8 Å². The van der Waals surface area contributed by atoms with Crippen LogP contribution in [0, 0.1) is 0 Å². The Morgan fingerprint density at radius 2 is 1.73 bits per heavy atom. The molecule has 0 aliphatic rings. The Balaban J connectivity index is 1.86. The Morgan fingerprint density at radius 1 is 1.08 bits per heavy atom. The summed E-state index contributed by atoms with van der Waals surface area (Å²) in [6.07, 6.45) is -0.744. The highest BCUT2D eigenvalue weighted by Crippen LogP contribution is 2.31. The van der Waals surface area contributed by atoms with Crippen molar-refractivity contribution >= 4 is 29.4 Å². The number of nitrogens with one attached hydrogen (secondary N) is 2. The molecular weight excluding hydrogens is 362 g/mol. The molecule has 0 aliphatic heterocycles. The molecule has 0 heterocycles. The van der Waals surface area contributed by atoms with Crippen molar-refractivity contribution in [2.24, 2.45) is 0 Å². The molecule has 0 fully saturated rings. The van der Waals surface area contributed by atoms with Gasteiger partial charge in [0.1, 0.15) is 12.6 Å². The molecular formula is C18H18F2N2O3S. The molecule has 0 aromatic heterocycles. The number of para-hydroxylation sites is 1. The fourth-order valence-electron chi connectivity index (χ4n) is 2.02. The summed E-state index contributed by atoms with van der Waals surface area (Å²) >= 11 is 0.338. The standard InChI is InChI=1S/C18H18F2N2O3S/c1-12(21-18(24)25-11-13-7-3-2-4-8-13)16(23)22-14-9-5-6-10-15(14)26-17(19)20/h2-10,12,17H,11H2,1H3,(H,21,24)(H,22,23)/t12-/m1/s1. The largest absolute Gasteiger partial charge is 0.445 e. The van der Waals surface area contributed by atoms with Crippen LogP contribution in [0.2, 0.25) is 0 Å². The summed E-state index contributed by atoms with van der Waals surface area (Å²) in [7, 11) is 0. The highest BCUT2D eigenvalue weighted by Gasteiger charge is 2.18. The first kappa shape index (κ1) is 19.7. The smallest absolute Gasteiger partial charge is 0.408 e. The molecule has 0 unspecified atom stereocenters. The minimum absolute atomic E-state index is 0.0782. The van der Waals surface area contributed by atoms with Crippen molar-refractivity contribution in [3.05, 3.63) is 60.2 Å². The van der Waals surface area contributed by atoms with Gasteiger partial charge in [0.15, 0.2) is 0 Å². The second-order valence-corrected chi connectivity index (χ2v) is 6.32. The first-order valence-corrected chi connectivity index (χ1v) is 8.65. The number of halogens is 2. The van der Waals surface area contributed by atoms with Gasteiger partial charge in [-0.25, -0.2) is 4.79 Å². The van der Waals surface area contributed by atoms with E-state index < -0.39 is 23.8 Å². The van der Waals surface area contributed by atoms with Gasteiger partial charge < -0.3 is 15.4 Å². The van der Waals surface area contributed by atoms with Gasteiger partial charge in [0.25, 0.3) is 5.76 Å². The van der Waals surface area contributed by atoms with Gasteiger partial charge in [-0.2, -0.15) is 8.78 Å². The van der Waals surface area contributed by atoms with Crippen molar-refractivity contribution in [3.8, 4) is 0 Å². The molecule has 0 saturated heterocycles. The number of alkyl carbamates (subject to hydrolysis) is 1. The summed E-state index contributed by atoms with van der Waals surface area (Å²) in [5, 5.41) is 4.93. The maximum Gasteiger partial charge on any atom is 0.408 e. The minimum Gasteiger partial charge on any atom is -0.445 e. The van der Waals surface area contributed by atoms with Gasteiger partial charge in [-0.1, -0.05) is 54.2 Å². The molecule has 2 aromatic rings. The number of alkyl halides is 2. The van der Waals surface area contributed by atoms with E-state index in [1.807, 2.05) is 18.2 Å². The summed E-state index contributed by atoms with van der Waals surface area (Å²) in [5.74, 6) is -3.14. The first-order valence-electron chi connectivity index (χ1n) is 7.77. The van der Waals surface area contributed by atoms with E-state index >= 15 is 0 Å². The molecule has 0 bridgehead atoms. The molecule has 138 valence electrons. The number of hydrogen-bond acceptors (Lipinski definition) is 4. The lowest BCUT2D eigenvalue weighted by atomic mass is 10.2. The van der Waals surface area contributed by atoms with Gasteiger partial charge in [0.2, 0.25) is 5.91 Å². The number of carbonyl (C=O) groups excluding carboxylic acids is 2. The van der Waals surface area contributed by atoms with Crippen molar-refractivity contribution in [3.63, 3.8) is 0 Å². The highest BCUT2D eigenvalue weighted by molar-refractivity contribution is 7.99. The van der Waals surface area contributed by atoms with E-state index in [9.17, 15) is 18.4 Å². The molecule has 8 heteroatoms. The Kier molecular flexibility index (Phi) is 7.40. The van der Waals surface area contributed by atoms with Crippen molar-refractivity contribution in [2.45, 2.75) is 30.2 Å². The Hall–Kier alpha value is -2.61. The van der Waals surface area contributed by atoms with Crippen LogP contribution in [-0.4, -0.2) is 23.8 Å². The maximum atomic E-state index is 12.6. The number of benzene rings is 2. The number of anilines is 1. The van der Waals surface area contributed by atoms with E-state index in [2.05, 4.69) is 10.6 Å². The van der Waals surface area contributed by atoms with Gasteiger partial charge in [0.05, 0.1) is 5.69 Å². The molecule has 0 radical (unpaired) electrons. The number of rotatable bonds is 7. The SMILES string of the molecule is C[C@@H](NC(=O)OCc1ccccc1)C(=O)Nc1ccccc1SC(F)F. The molecule has 0 saturated carbocycles. The topological polar surface area (TPSA) is 67.4 Å². The van der Waals surface area contributed by atoms with Crippen molar-refractivity contribution < 1.29 is 23.1 Å². The van der Waals surface area contributed by atoms with Crippen LogP contribution < -0.4 is 10.6 Å². The summed E-state index contributed by atoms with van der Waals surface area (Å²) in [6.45, 7) is 1.55. The molecule has 5 nitrogen and oxygen atoms in total. The van der Waals surface area contributed by atoms with E-state index in [1.165, 1.54) is 19.1 Å². The van der Waals surface area contributed by atoms with Crippen LogP contribution in [0.5, 0.6) is 0 Å². The van der Waals surface area contributed by atoms with Crippen LogP contribution in [-0.2, 0) is 16.1 Å². The summed E-state index contributed by atoms with van der Waals surface area (Å²) < 4.78 is 30.2. The maximum absolute atomic E-state index is 12.6. The van der Waals surface area contributed by atoms with E-state index in [1.54, 1.807) is 24.3 Å². The second-order valence-electron chi connectivity index (χ2n) is 5.29. The van der Waals surface area contributed by atoms with Crippen molar-refractivity contribution in [2.75, 3.05) is 5.32 Å². The number of hydrogen-bond donors (Lipinski definition) is 2. The normalized spacial score (nSPS) is 11.7. The summed E-state index contributed by atoms with van der Waals surface area (Å²) in [6, 6.07) is 14.4. The number of thioether (sulfide) groups is 1. The highest BCUT2D eigenvalue weighted by atomic mass is 32.2. The predicted molar refractivity (Wildman–Crippen MR) is 96.2 cm³/mol. The fraction of sp³-hybridized carbons (Fsp3) is 0.222. The Morgan fingerprint density at radius 3 is 2.42 bits per heavy atom. The third-order valence-electron chi connectivity index (χ3n) is 3.30. The zero-order chi connectivity index (χ0) is 18.9. The monoisotopic (exact) mass is 380 g/mol. The molecule has 0 spiro atoms. The lowest BCUT2D eigenvalue weighted by molar-refractivity contribution is -0.117. The first-order chi connectivity index (χ1) is 12.5. The molecule has 2 aromatic carbocycles. The average Bonchev–Trinajstić information content (AvgIpc) is 2.62. The van der Waals surface area contributed by atoms with Gasteiger partial charge in [-0.15, -0.1) is 0 Å². The number of amides is 2. The van der Waals surface area contributed by atoms with Crippen molar-refractivity contribution in [1.29, 1.82) is 0 Å². The zero-order valence-electron chi connectivity index (χ0n) is 13.9. The fourth-order valence-corrected chi connectivity index (χ4v) is 2.61.